The molecule has 1 rings (SSSR count). The molecule has 84 valence electrons. The van der Waals surface area contributed by atoms with E-state index in [-0.39, 0.29) is 6.04 Å². The highest BCUT2D eigenvalue weighted by atomic mass is 15.1. The maximum atomic E-state index is 4.38. The van der Waals surface area contributed by atoms with Gasteiger partial charge in [-0.2, -0.15) is 0 Å². The van der Waals surface area contributed by atoms with Crippen molar-refractivity contribution in [3.63, 3.8) is 0 Å². The molecule has 1 aromatic heterocycles. The Morgan fingerprint density at radius 1 is 1.60 bits per heavy atom. The molecule has 0 bridgehead atoms. The average molecular weight is 207 g/mol. The molecular formula is C12H21N3. The predicted octanol–water partition coefficient (Wildman–Crippen LogP) is 2.43. The lowest BCUT2D eigenvalue weighted by Gasteiger charge is -2.15. The van der Waals surface area contributed by atoms with E-state index in [0.717, 1.165) is 18.8 Å². The molecule has 3 nitrogen and oxygen atoms in total. The summed E-state index contributed by atoms with van der Waals surface area (Å²) in [5, 5.41) is 3.48. The van der Waals surface area contributed by atoms with Crippen molar-refractivity contribution in [3.8, 4) is 0 Å². The Balaban J connectivity index is 2.81. The smallest absolute Gasteiger partial charge is 0.129 e. The van der Waals surface area contributed by atoms with Gasteiger partial charge >= 0.3 is 0 Å². The lowest BCUT2D eigenvalue weighted by molar-refractivity contribution is 0.566. The van der Waals surface area contributed by atoms with Crippen LogP contribution in [0.3, 0.4) is 0 Å². The molecule has 1 atom stereocenters. The third kappa shape index (κ3) is 3.51. The van der Waals surface area contributed by atoms with Crippen LogP contribution >= 0.6 is 0 Å². The summed E-state index contributed by atoms with van der Waals surface area (Å²) in [7, 11) is 2.03. The number of hydrogen-bond acceptors (Lipinski definition) is 2. The lowest BCUT2D eigenvalue weighted by Crippen LogP contribution is -2.23. The van der Waals surface area contributed by atoms with Crippen LogP contribution in [0.1, 0.15) is 39.1 Å². The molecule has 1 N–H and O–H groups in total. The van der Waals surface area contributed by atoms with Gasteiger partial charge in [-0.15, -0.1) is 0 Å². The molecule has 3 heteroatoms. The van der Waals surface area contributed by atoms with Crippen LogP contribution in [-0.2, 0) is 7.05 Å². The molecule has 0 amide bonds. The first-order valence-electron chi connectivity index (χ1n) is 5.50. The molecule has 1 unspecified atom stereocenters. The van der Waals surface area contributed by atoms with Gasteiger partial charge in [0.1, 0.15) is 5.82 Å². The Hall–Kier alpha value is -1.09. The predicted molar refractivity (Wildman–Crippen MR) is 63.7 cm³/mol. The maximum Gasteiger partial charge on any atom is 0.129 e. The SMILES string of the molecule is CCCNC(C=C(C)C)c1nccn1C. The van der Waals surface area contributed by atoms with Gasteiger partial charge in [0.15, 0.2) is 0 Å². The molecule has 0 fully saturated rings. The molecule has 0 aliphatic rings. The molecule has 1 heterocycles. The van der Waals surface area contributed by atoms with Crippen molar-refractivity contribution in [2.24, 2.45) is 7.05 Å². The number of allylic oxidation sites excluding steroid dienone is 1. The van der Waals surface area contributed by atoms with Gasteiger partial charge in [0.25, 0.3) is 0 Å². The van der Waals surface area contributed by atoms with Gasteiger partial charge in [0, 0.05) is 19.4 Å². The second-order valence-electron chi connectivity index (χ2n) is 4.07. The number of hydrogen-bond donors (Lipinski definition) is 1. The molecule has 15 heavy (non-hydrogen) atoms. The van der Waals surface area contributed by atoms with Gasteiger partial charge in [-0.1, -0.05) is 18.6 Å². The first kappa shape index (κ1) is 12.0. The number of aryl methyl sites for hydroxylation is 1. The van der Waals surface area contributed by atoms with Crippen LogP contribution in [0.25, 0.3) is 0 Å². The van der Waals surface area contributed by atoms with Crippen LogP contribution < -0.4 is 5.32 Å². The van der Waals surface area contributed by atoms with Crippen LogP contribution in [-0.4, -0.2) is 16.1 Å². The molecule has 0 aromatic carbocycles. The minimum Gasteiger partial charge on any atom is -0.336 e. The zero-order valence-corrected chi connectivity index (χ0v) is 10.1. The third-order valence-electron chi connectivity index (χ3n) is 2.25. The van der Waals surface area contributed by atoms with Crippen molar-refractivity contribution in [1.82, 2.24) is 14.9 Å². The van der Waals surface area contributed by atoms with E-state index in [0.29, 0.717) is 0 Å². The Bertz CT molecular complexity index is 321. The summed E-state index contributed by atoms with van der Waals surface area (Å²) < 4.78 is 2.06. The zero-order valence-electron chi connectivity index (χ0n) is 10.1. The fourth-order valence-electron chi connectivity index (χ4n) is 1.53. The fraction of sp³-hybridized carbons (Fsp3) is 0.583. The van der Waals surface area contributed by atoms with Gasteiger partial charge in [-0.25, -0.2) is 4.98 Å². The van der Waals surface area contributed by atoms with Gasteiger partial charge in [0.05, 0.1) is 6.04 Å². The Morgan fingerprint density at radius 2 is 2.33 bits per heavy atom. The molecule has 1 aromatic rings. The van der Waals surface area contributed by atoms with E-state index in [2.05, 4.69) is 41.7 Å². The standard InChI is InChI=1S/C12H21N3/c1-5-6-13-11(9-10(2)3)12-14-7-8-15(12)4/h7-9,11,13H,5-6H2,1-4H3. The number of nitrogens with one attached hydrogen (secondary N) is 1. The minimum absolute atomic E-state index is 0.231. The van der Waals surface area contributed by atoms with E-state index in [1.54, 1.807) is 0 Å². The van der Waals surface area contributed by atoms with Crippen LogP contribution in [0.15, 0.2) is 24.0 Å². The van der Waals surface area contributed by atoms with Crippen molar-refractivity contribution in [2.45, 2.75) is 33.2 Å². The molecule has 0 saturated carbocycles. The molecule has 0 aliphatic carbocycles. The zero-order chi connectivity index (χ0) is 11.3. The summed E-state index contributed by atoms with van der Waals surface area (Å²) in [6.07, 6.45) is 7.18. The Labute approximate surface area is 92.2 Å². The Kier molecular flexibility index (Phi) is 4.56. The number of nitrogens with zero attached hydrogens (tertiary/aromatic N) is 2. The van der Waals surface area contributed by atoms with E-state index >= 15 is 0 Å². The highest BCUT2D eigenvalue weighted by molar-refractivity contribution is 5.11. The van der Waals surface area contributed by atoms with Crippen molar-refractivity contribution in [3.05, 3.63) is 29.9 Å². The van der Waals surface area contributed by atoms with Gasteiger partial charge < -0.3 is 9.88 Å². The molecular weight excluding hydrogens is 186 g/mol. The van der Waals surface area contributed by atoms with Crippen molar-refractivity contribution in [2.75, 3.05) is 6.54 Å². The van der Waals surface area contributed by atoms with E-state index in [9.17, 15) is 0 Å². The van der Waals surface area contributed by atoms with Crippen molar-refractivity contribution >= 4 is 0 Å². The molecule has 0 aliphatic heterocycles. The first-order valence-corrected chi connectivity index (χ1v) is 5.50. The quantitative estimate of drug-likeness (QED) is 0.751. The van der Waals surface area contributed by atoms with E-state index in [1.807, 2.05) is 19.4 Å². The topological polar surface area (TPSA) is 29.9 Å². The van der Waals surface area contributed by atoms with Crippen LogP contribution in [0.2, 0.25) is 0 Å². The normalized spacial score (nSPS) is 12.5. The third-order valence-corrected chi connectivity index (χ3v) is 2.25. The molecule has 0 spiro atoms. The van der Waals surface area contributed by atoms with Crippen molar-refractivity contribution < 1.29 is 0 Å². The van der Waals surface area contributed by atoms with E-state index in [4.69, 9.17) is 0 Å². The molecule has 0 radical (unpaired) electrons. The van der Waals surface area contributed by atoms with E-state index < -0.39 is 0 Å². The van der Waals surface area contributed by atoms with Crippen LogP contribution in [0.4, 0.5) is 0 Å². The summed E-state index contributed by atoms with van der Waals surface area (Å²) in [5.74, 6) is 1.07. The summed E-state index contributed by atoms with van der Waals surface area (Å²) in [6, 6.07) is 0.231. The van der Waals surface area contributed by atoms with E-state index in [1.165, 1.54) is 5.57 Å². The van der Waals surface area contributed by atoms with Crippen LogP contribution in [0.5, 0.6) is 0 Å². The number of rotatable bonds is 5. The van der Waals surface area contributed by atoms with Crippen molar-refractivity contribution in [1.29, 1.82) is 0 Å². The van der Waals surface area contributed by atoms with Gasteiger partial charge in [-0.05, 0) is 26.8 Å². The fourth-order valence-corrected chi connectivity index (χ4v) is 1.53. The average Bonchev–Trinajstić information content (AvgIpc) is 2.58. The second-order valence-corrected chi connectivity index (χ2v) is 4.07. The summed E-state index contributed by atoms with van der Waals surface area (Å²) >= 11 is 0. The summed E-state index contributed by atoms with van der Waals surface area (Å²) in [5.41, 5.74) is 1.31. The lowest BCUT2D eigenvalue weighted by atomic mass is 10.2. The van der Waals surface area contributed by atoms with Gasteiger partial charge in [0.2, 0.25) is 0 Å². The van der Waals surface area contributed by atoms with Crippen LogP contribution in [0, 0.1) is 0 Å². The number of aromatic nitrogens is 2. The van der Waals surface area contributed by atoms with Gasteiger partial charge in [-0.3, -0.25) is 0 Å². The Morgan fingerprint density at radius 3 is 2.80 bits per heavy atom. The summed E-state index contributed by atoms with van der Waals surface area (Å²) in [4.78, 5) is 4.38. The largest absolute Gasteiger partial charge is 0.336 e. The monoisotopic (exact) mass is 207 g/mol. The minimum atomic E-state index is 0.231. The molecule has 0 saturated heterocycles. The maximum absolute atomic E-state index is 4.38. The highest BCUT2D eigenvalue weighted by Gasteiger charge is 2.11. The first-order chi connectivity index (χ1) is 7.15. The summed E-state index contributed by atoms with van der Waals surface area (Å²) in [6.45, 7) is 7.42. The number of imidazole rings is 1. The highest BCUT2D eigenvalue weighted by Crippen LogP contribution is 2.13. The second kappa shape index (κ2) is 5.71.